The lowest BCUT2D eigenvalue weighted by Gasteiger charge is -2.28. The molecule has 2 aromatic heterocycles. The molecule has 0 aromatic carbocycles. The summed E-state index contributed by atoms with van der Waals surface area (Å²) in [7, 11) is 0. The van der Waals surface area contributed by atoms with Gasteiger partial charge in [-0.05, 0) is 37.7 Å². The number of rotatable bonds is 7. The van der Waals surface area contributed by atoms with Crippen LogP contribution in [0.3, 0.4) is 0 Å². The normalized spacial score (nSPS) is 19.5. The van der Waals surface area contributed by atoms with E-state index >= 15 is 0 Å². The number of aromatic nitrogens is 2. The fourth-order valence-corrected chi connectivity index (χ4v) is 3.27. The summed E-state index contributed by atoms with van der Waals surface area (Å²) < 4.78 is 10.3. The highest BCUT2D eigenvalue weighted by atomic mass is 16.5. The lowest BCUT2D eigenvalue weighted by atomic mass is 9.96. The molecule has 0 bridgehead atoms. The van der Waals surface area contributed by atoms with Crippen LogP contribution >= 0.6 is 0 Å². The molecule has 1 amide bonds. The zero-order valence-electron chi connectivity index (χ0n) is 13.6. The molecule has 2 N–H and O–H groups in total. The minimum absolute atomic E-state index is 0.112. The maximum Gasteiger partial charge on any atom is 0.240 e. The summed E-state index contributed by atoms with van der Waals surface area (Å²) in [6.45, 7) is 1.19. The molecule has 0 aliphatic heterocycles. The van der Waals surface area contributed by atoms with Gasteiger partial charge in [0.15, 0.2) is 0 Å². The van der Waals surface area contributed by atoms with Gasteiger partial charge in [-0.3, -0.25) is 10.1 Å². The number of nitrogens with zero attached hydrogens (tertiary/aromatic N) is 2. The molecule has 0 saturated heterocycles. The summed E-state index contributed by atoms with van der Waals surface area (Å²) in [4.78, 5) is 17.0. The van der Waals surface area contributed by atoms with Crippen LogP contribution in [0.2, 0.25) is 0 Å². The van der Waals surface area contributed by atoms with E-state index in [0.29, 0.717) is 24.2 Å². The van der Waals surface area contributed by atoms with Gasteiger partial charge in [-0.25, -0.2) is 0 Å². The fourth-order valence-electron chi connectivity index (χ4n) is 3.27. The third-order valence-electron chi connectivity index (χ3n) is 4.97. The van der Waals surface area contributed by atoms with Crippen molar-refractivity contribution < 1.29 is 13.7 Å². The Kier molecular flexibility index (Phi) is 4.10. The summed E-state index contributed by atoms with van der Waals surface area (Å²) in [5, 5.41) is 10.4. The molecule has 0 unspecified atom stereocenters. The molecular weight excluding hydrogens is 308 g/mol. The maximum atomic E-state index is 12.7. The third-order valence-corrected chi connectivity index (χ3v) is 4.97. The Labute approximate surface area is 140 Å². The van der Waals surface area contributed by atoms with E-state index in [2.05, 4.69) is 20.8 Å². The summed E-state index contributed by atoms with van der Waals surface area (Å²) >= 11 is 0. The predicted molar refractivity (Wildman–Crippen MR) is 85.8 cm³/mol. The molecule has 2 aliphatic rings. The molecule has 2 aromatic rings. The summed E-state index contributed by atoms with van der Waals surface area (Å²) in [6.07, 6.45) is 9.45. The Balaban J connectivity index is 1.39. The van der Waals surface area contributed by atoms with Gasteiger partial charge in [-0.1, -0.05) is 18.0 Å². The first-order valence-electron chi connectivity index (χ1n) is 8.64. The third kappa shape index (κ3) is 3.21. The molecule has 2 saturated carbocycles. The minimum atomic E-state index is -0.501. The maximum absolute atomic E-state index is 12.7. The Morgan fingerprint density at radius 2 is 2.17 bits per heavy atom. The van der Waals surface area contributed by atoms with Crippen molar-refractivity contribution in [2.75, 3.05) is 6.54 Å². The number of nitrogens with one attached hydrogen (secondary N) is 2. The second-order valence-electron chi connectivity index (χ2n) is 6.82. The largest absolute Gasteiger partial charge is 0.472 e. The van der Waals surface area contributed by atoms with Crippen LogP contribution in [-0.2, 0) is 11.3 Å². The van der Waals surface area contributed by atoms with Crippen LogP contribution in [0.15, 0.2) is 27.5 Å². The first-order valence-corrected chi connectivity index (χ1v) is 8.64. The molecule has 2 aliphatic carbocycles. The van der Waals surface area contributed by atoms with Gasteiger partial charge in [0, 0.05) is 6.54 Å². The van der Waals surface area contributed by atoms with Crippen LogP contribution in [-0.4, -0.2) is 28.1 Å². The molecule has 24 heavy (non-hydrogen) atoms. The van der Waals surface area contributed by atoms with Crippen molar-refractivity contribution in [2.24, 2.45) is 5.92 Å². The molecule has 7 nitrogen and oxygen atoms in total. The molecule has 128 valence electrons. The monoisotopic (exact) mass is 330 g/mol. The molecule has 0 atom stereocenters. The van der Waals surface area contributed by atoms with Crippen molar-refractivity contribution >= 4 is 5.91 Å². The van der Waals surface area contributed by atoms with Crippen molar-refractivity contribution in [3.05, 3.63) is 24.5 Å². The first kappa shape index (κ1) is 15.4. The van der Waals surface area contributed by atoms with E-state index in [0.717, 1.165) is 37.8 Å². The summed E-state index contributed by atoms with van der Waals surface area (Å²) in [5.41, 5.74) is 0.279. The van der Waals surface area contributed by atoms with Crippen molar-refractivity contribution in [1.82, 2.24) is 20.8 Å². The Morgan fingerprint density at radius 1 is 1.33 bits per heavy atom. The topological polar surface area (TPSA) is 93.2 Å². The second-order valence-corrected chi connectivity index (χ2v) is 6.82. The first-order chi connectivity index (χ1) is 11.8. The molecule has 4 rings (SSSR count). The van der Waals surface area contributed by atoms with Gasteiger partial charge in [0.25, 0.3) is 0 Å². The van der Waals surface area contributed by atoms with Gasteiger partial charge in [0.2, 0.25) is 17.6 Å². The van der Waals surface area contributed by atoms with Gasteiger partial charge in [0.1, 0.15) is 6.26 Å². The predicted octanol–water partition coefficient (Wildman–Crippen LogP) is 2.26. The number of furan rings is 1. The molecule has 0 spiro atoms. The van der Waals surface area contributed by atoms with E-state index in [9.17, 15) is 4.79 Å². The highest BCUT2D eigenvalue weighted by molar-refractivity contribution is 5.86. The minimum Gasteiger partial charge on any atom is -0.472 e. The van der Waals surface area contributed by atoms with Crippen LogP contribution < -0.4 is 10.6 Å². The Hall–Kier alpha value is -2.15. The number of carbonyl (C=O) groups excluding carboxylic acids is 1. The zero-order chi connectivity index (χ0) is 16.4. The summed E-state index contributed by atoms with van der Waals surface area (Å²) in [5.74, 6) is 1.77. The van der Waals surface area contributed by atoms with E-state index in [1.54, 1.807) is 18.6 Å². The van der Waals surface area contributed by atoms with Gasteiger partial charge >= 0.3 is 0 Å². The lowest BCUT2D eigenvalue weighted by Crippen LogP contribution is -2.55. The average Bonchev–Trinajstić information content (AvgIpc) is 3.06. The van der Waals surface area contributed by atoms with Crippen LogP contribution in [0.25, 0.3) is 11.4 Å². The van der Waals surface area contributed by atoms with Crippen LogP contribution in [0, 0.1) is 5.92 Å². The average molecular weight is 330 g/mol. The van der Waals surface area contributed by atoms with E-state index in [4.69, 9.17) is 8.94 Å². The van der Waals surface area contributed by atoms with Crippen LogP contribution in [0.1, 0.15) is 44.4 Å². The molecular formula is C17H22N4O3. The standard InChI is InChI=1S/C17H22N4O3/c22-16(18-9-12-3-4-12)17(6-1-2-7-17)19-10-14-20-15(21-24-14)13-5-8-23-11-13/h5,8,11-12,19H,1-4,6-7,9-10H2,(H,18,22). The number of amides is 1. The highest BCUT2D eigenvalue weighted by Crippen LogP contribution is 2.32. The molecule has 7 heteroatoms. The van der Waals surface area contributed by atoms with Crippen LogP contribution in [0.4, 0.5) is 0 Å². The van der Waals surface area contributed by atoms with Gasteiger partial charge in [-0.2, -0.15) is 4.98 Å². The number of hydrogen-bond acceptors (Lipinski definition) is 6. The lowest BCUT2D eigenvalue weighted by molar-refractivity contribution is -0.127. The summed E-state index contributed by atoms with van der Waals surface area (Å²) in [6, 6.07) is 1.78. The van der Waals surface area contributed by atoms with E-state index in [-0.39, 0.29) is 5.91 Å². The molecule has 2 heterocycles. The van der Waals surface area contributed by atoms with E-state index < -0.39 is 5.54 Å². The van der Waals surface area contributed by atoms with Gasteiger partial charge in [-0.15, -0.1) is 0 Å². The van der Waals surface area contributed by atoms with Crippen molar-refractivity contribution in [1.29, 1.82) is 0 Å². The van der Waals surface area contributed by atoms with Crippen molar-refractivity contribution in [2.45, 2.75) is 50.6 Å². The van der Waals surface area contributed by atoms with Crippen molar-refractivity contribution in [3.8, 4) is 11.4 Å². The van der Waals surface area contributed by atoms with E-state index in [1.807, 2.05) is 0 Å². The van der Waals surface area contributed by atoms with E-state index in [1.165, 1.54) is 12.8 Å². The molecule has 2 fully saturated rings. The number of carbonyl (C=O) groups is 1. The smallest absolute Gasteiger partial charge is 0.240 e. The van der Waals surface area contributed by atoms with Gasteiger partial charge < -0.3 is 14.3 Å². The van der Waals surface area contributed by atoms with Crippen LogP contribution in [0.5, 0.6) is 0 Å². The number of hydrogen-bond donors (Lipinski definition) is 2. The fraction of sp³-hybridized carbons (Fsp3) is 0.588. The van der Waals surface area contributed by atoms with Gasteiger partial charge in [0.05, 0.1) is 23.9 Å². The van der Waals surface area contributed by atoms with Crippen molar-refractivity contribution in [3.63, 3.8) is 0 Å². The quantitative estimate of drug-likeness (QED) is 0.809. The highest BCUT2D eigenvalue weighted by Gasteiger charge is 2.41. The Bertz CT molecular complexity index is 685. The molecule has 0 radical (unpaired) electrons. The zero-order valence-corrected chi connectivity index (χ0v) is 13.6. The second kappa shape index (κ2) is 6.39. The Morgan fingerprint density at radius 3 is 2.88 bits per heavy atom. The SMILES string of the molecule is O=C(NCC1CC1)C1(NCc2nc(-c3ccoc3)no2)CCCC1.